The molecule has 0 aliphatic carbocycles. The zero-order valence-electron chi connectivity index (χ0n) is 15.2. The predicted molar refractivity (Wildman–Crippen MR) is 102 cm³/mol. The van der Waals surface area contributed by atoms with Crippen LogP contribution in [0.25, 0.3) is 0 Å². The van der Waals surface area contributed by atoms with Crippen LogP contribution in [0.2, 0.25) is 0 Å². The number of carbonyl (C=O) groups is 1. The molecule has 0 unspecified atom stereocenters. The van der Waals surface area contributed by atoms with Gasteiger partial charge in [-0.05, 0) is 55.3 Å². The third-order valence-electron chi connectivity index (χ3n) is 4.00. The maximum absolute atomic E-state index is 12.5. The van der Waals surface area contributed by atoms with Crippen LogP contribution in [0.4, 0.5) is 5.69 Å². The van der Waals surface area contributed by atoms with E-state index in [1.54, 1.807) is 36.2 Å². The van der Waals surface area contributed by atoms with Gasteiger partial charge in [-0.3, -0.25) is 4.79 Å². The first-order valence-electron chi connectivity index (χ1n) is 8.23. The summed E-state index contributed by atoms with van der Waals surface area (Å²) in [6.45, 7) is 2.84. The van der Waals surface area contributed by atoms with Crippen LogP contribution < -0.4 is 10.5 Å². The van der Waals surface area contributed by atoms with Crippen molar-refractivity contribution in [2.45, 2.75) is 18.2 Å². The standard InChI is InChI=1S/C19H24N2O4S/c1-14-5-6-15(20)13-18(14)19(22)21(2)11-4-12-25-16-7-9-17(10-8-16)26(3,23)24/h5-10,13H,4,11-12,20H2,1-3H3. The number of carbonyl (C=O) groups excluding carboxylic acids is 1. The smallest absolute Gasteiger partial charge is 0.253 e. The Morgan fingerprint density at radius 2 is 1.81 bits per heavy atom. The molecule has 26 heavy (non-hydrogen) atoms. The fraction of sp³-hybridized carbons (Fsp3) is 0.316. The molecule has 0 saturated heterocycles. The molecule has 1 amide bonds. The molecule has 2 aromatic rings. The fourth-order valence-corrected chi connectivity index (χ4v) is 3.08. The predicted octanol–water partition coefficient (Wildman–Crippen LogP) is 2.52. The normalized spacial score (nSPS) is 11.2. The quantitative estimate of drug-likeness (QED) is 0.592. The number of hydrogen-bond donors (Lipinski definition) is 1. The second kappa shape index (κ2) is 8.23. The number of amides is 1. The van der Waals surface area contributed by atoms with Crippen LogP contribution in [0, 0.1) is 6.92 Å². The first-order valence-corrected chi connectivity index (χ1v) is 10.1. The molecule has 2 aromatic carbocycles. The summed E-state index contributed by atoms with van der Waals surface area (Å²) < 4.78 is 28.4. The van der Waals surface area contributed by atoms with Gasteiger partial charge in [-0.2, -0.15) is 0 Å². The number of nitrogens with two attached hydrogens (primary N) is 1. The van der Waals surface area contributed by atoms with Gasteiger partial charge in [-0.25, -0.2) is 8.42 Å². The van der Waals surface area contributed by atoms with Crippen molar-refractivity contribution in [3.8, 4) is 5.75 Å². The summed E-state index contributed by atoms with van der Waals surface area (Å²) in [6, 6.07) is 11.6. The lowest BCUT2D eigenvalue weighted by molar-refractivity contribution is 0.0787. The van der Waals surface area contributed by atoms with Gasteiger partial charge in [0.15, 0.2) is 9.84 Å². The van der Waals surface area contributed by atoms with E-state index in [9.17, 15) is 13.2 Å². The summed E-state index contributed by atoms with van der Waals surface area (Å²) in [6.07, 6.45) is 1.81. The third-order valence-corrected chi connectivity index (χ3v) is 5.13. The molecule has 7 heteroatoms. The number of sulfone groups is 1. The maximum Gasteiger partial charge on any atom is 0.253 e. The average molecular weight is 376 g/mol. The molecule has 0 aliphatic heterocycles. The summed E-state index contributed by atoms with van der Waals surface area (Å²) in [5.74, 6) is 0.519. The number of hydrogen-bond acceptors (Lipinski definition) is 5. The zero-order valence-corrected chi connectivity index (χ0v) is 16.0. The van der Waals surface area contributed by atoms with Crippen LogP contribution in [0.1, 0.15) is 22.3 Å². The molecule has 0 saturated carbocycles. The second-order valence-electron chi connectivity index (χ2n) is 6.25. The summed E-state index contributed by atoms with van der Waals surface area (Å²) in [5.41, 5.74) is 7.81. The van der Waals surface area contributed by atoms with E-state index in [0.717, 1.165) is 11.8 Å². The van der Waals surface area contributed by atoms with Crippen LogP contribution >= 0.6 is 0 Å². The molecule has 0 bridgehead atoms. The van der Waals surface area contributed by atoms with Crippen LogP contribution in [0.3, 0.4) is 0 Å². The monoisotopic (exact) mass is 376 g/mol. The third kappa shape index (κ3) is 5.23. The van der Waals surface area contributed by atoms with Crippen LogP contribution in [0.5, 0.6) is 5.75 Å². The van der Waals surface area contributed by atoms with Gasteiger partial charge in [0.2, 0.25) is 0 Å². The number of ether oxygens (including phenoxy) is 1. The number of aryl methyl sites for hydroxylation is 1. The number of benzene rings is 2. The van der Waals surface area contributed by atoms with Crippen molar-refractivity contribution >= 4 is 21.4 Å². The molecular weight excluding hydrogens is 352 g/mol. The Hall–Kier alpha value is -2.54. The van der Waals surface area contributed by atoms with Crippen molar-refractivity contribution in [3.63, 3.8) is 0 Å². The highest BCUT2D eigenvalue weighted by atomic mass is 32.2. The molecule has 2 rings (SSSR count). The first kappa shape index (κ1) is 19.8. The molecule has 140 valence electrons. The molecule has 0 radical (unpaired) electrons. The Morgan fingerprint density at radius 3 is 2.42 bits per heavy atom. The number of anilines is 1. The molecule has 0 aromatic heterocycles. The second-order valence-corrected chi connectivity index (χ2v) is 8.26. The average Bonchev–Trinajstić information content (AvgIpc) is 2.59. The molecule has 6 nitrogen and oxygen atoms in total. The van der Waals surface area contributed by atoms with E-state index in [1.807, 2.05) is 13.0 Å². The lowest BCUT2D eigenvalue weighted by Gasteiger charge is -2.18. The van der Waals surface area contributed by atoms with E-state index in [-0.39, 0.29) is 10.8 Å². The Kier molecular flexibility index (Phi) is 6.26. The van der Waals surface area contributed by atoms with Gasteiger partial charge in [0.25, 0.3) is 5.91 Å². The van der Waals surface area contributed by atoms with Gasteiger partial charge in [0, 0.05) is 31.1 Å². The fourth-order valence-electron chi connectivity index (χ4n) is 2.45. The Bertz CT molecular complexity index is 877. The van der Waals surface area contributed by atoms with Crippen LogP contribution in [-0.2, 0) is 9.84 Å². The Balaban J connectivity index is 1.84. The van der Waals surface area contributed by atoms with Crippen molar-refractivity contribution in [2.75, 3.05) is 32.2 Å². The van der Waals surface area contributed by atoms with Crippen molar-refractivity contribution in [1.29, 1.82) is 0 Å². The van der Waals surface area contributed by atoms with Gasteiger partial charge < -0.3 is 15.4 Å². The number of nitrogen functional groups attached to an aromatic ring is 1. The molecule has 0 heterocycles. The van der Waals surface area contributed by atoms with Crippen LogP contribution in [0.15, 0.2) is 47.4 Å². The summed E-state index contributed by atoms with van der Waals surface area (Å²) in [7, 11) is -1.47. The Morgan fingerprint density at radius 1 is 1.15 bits per heavy atom. The van der Waals surface area contributed by atoms with Crippen molar-refractivity contribution in [1.82, 2.24) is 4.90 Å². The molecular formula is C19H24N2O4S. The molecule has 0 atom stereocenters. The minimum Gasteiger partial charge on any atom is -0.494 e. The van der Waals surface area contributed by atoms with Crippen LogP contribution in [-0.4, -0.2) is 45.7 Å². The minimum absolute atomic E-state index is 0.0766. The Labute approximate surface area is 154 Å². The highest BCUT2D eigenvalue weighted by Crippen LogP contribution is 2.17. The molecule has 2 N–H and O–H groups in total. The van der Waals surface area contributed by atoms with E-state index < -0.39 is 9.84 Å². The largest absolute Gasteiger partial charge is 0.494 e. The maximum atomic E-state index is 12.5. The molecule has 0 spiro atoms. The van der Waals surface area contributed by atoms with E-state index in [1.165, 1.54) is 12.1 Å². The van der Waals surface area contributed by atoms with Crippen molar-refractivity contribution in [2.24, 2.45) is 0 Å². The van der Waals surface area contributed by atoms with E-state index >= 15 is 0 Å². The summed E-state index contributed by atoms with van der Waals surface area (Å²) >= 11 is 0. The van der Waals surface area contributed by atoms with Gasteiger partial charge in [0.1, 0.15) is 5.75 Å². The van der Waals surface area contributed by atoms with Crippen molar-refractivity contribution < 1.29 is 17.9 Å². The van der Waals surface area contributed by atoms with Gasteiger partial charge in [0.05, 0.1) is 11.5 Å². The molecule has 0 fully saturated rings. The van der Waals surface area contributed by atoms with E-state index in [2.05, 4.69) is 0 Å². The van der Waals surface area contributed by atoms with Crippen molar-refractivity contribution in [3.05, 3.63) is 53.6 Å². The highest BCUT2D eigenvalue weighted by molar-refractivity contribution is 7.90. The topological polar surface area (TPSA) is 89.7 Å². The number of rotatable bonds is 7. The lowest BCUT2D eigenvalue weighted by Crippen LogP contribution is -2.29. The summed E-state index contributed by atoms with van der Waals surface area (Å²) in [4.78, 5) is 14.4. The minimum atomic E-state index is -3.21. The lowest BCUT2D eigenvalue weighted by atomic mass is 10.1. The summed E-state index contributed by atoms with van der Waals surface area (Å²) in [5, 5.41) is 0. The van der Waals surface area contributed by atoms with E-state index in [0.29, 0.717) is 36.6 Å². The van der Waals surface area contributed by atoms with Gasteiger partial charge in [-0.15, -0.1) is 0 Å². The highest BCUT2D eigenvalue weighted by Gasteiger charge is 2.14. The van der Waals surface area contributed by atoms with Gasteiger partial charge in [-0.1, -0.05) is 6.07 Å². The molecule has 0 aliphatic rings. The zero-order chi connectivity index (χ0) is 19.3. The SMILES string of the molecule is Cc1ccc(N)cc1C(=O)N(C)CCCOc1ccc(S(C)(=O)=O)cc1. The van der Waals surface area contributed by atoms with E-state index in [4.69, 9.17) is 10.5 Å². The number of nitrogens with zero attached hydrogens (tertiary/aromatic N) is 1. The first-order chi connectivity index (χ1) is 12.2. The van der Waals surface area contributed by atoms with Gasteiger partial charge >= 0.3 is 0 Å².